The van der Waals surface area contributed by atoms with Crippen molar-refractivity contribution in [2.75, 3.05) is 20.1 Å². The number of benzene rings is 3. The first kappa shape index (κ1) is 38.6. The molecule has 0 unspecified atom stereocenters. The summed E-state index contributed by atoms with van der Waals surface area (Å²) < 4.78 is 25.7. The van der Waals surface area contributed by atoms with E-state index in [0.717, 1.165) is 25.1 Å². The summed E-state index contributed by atoms with van der Waals surface area (Å²) in [4.78, 5) is 60.6. The standard InChI is InChI=1S/C16H23NO2.2C9H8O4.Al.H2O/c1-4-15(18)19-16(14-8-6-5-7-9-14)10-11-17(3)12-13(16)2;2*1-6(10)13-8-5-3-2-4-7(8)9(11)12;;/h5-9,13H,4,10-12H2,1-3H3;2*2-5H,1H3,(H,11,12);;1H2/q;;;+2;/p-2/t13-,16+;;;;/m0..../s1. The Balaban J connectivity index is 0.000000338. The van der Waals surface area contributed by atoms with Crippen LogP contribution in [0.2, 0.25) is 0 Å². The maximum Gasteiger partial charge on any atom is 0.886 e. The Morgan fingerprint density at radius 2 is 1.26 bits per heavy atom. The Bertz CT molecular complexity index is 1460. The minimum atomic E-state index is -1.49. The highest BCUT2D eigenvalue weighted by molar-refractivity contribution is 6.28. The fourth-order valence-corrected chi connectivity index (χ4v) is 5.42. The first-order valence-corrected chi connectivity index (χ1v) is 15.7. The van der Waals surface area contributed by atoms with Crippen molar-refractivity contribution >= 4 is 45.7 Å². The zero-order chi connectivity index (χ0) is 33.7. The first-order valence-electron chi connectivity index (χ1n) is 14.7. The molecule has 12 nitrogen and oxygen atoms in total. The van der Waals surface area contributed by atoms with Crippen LogP contribution in [0, 0.1) is 5.92 Å². The number of rotatable bonds is 9. The first-order chi connectivity index (χ1) is 22.0. The molecule has 1 aliphatic rings. The number of hydrogen-bond donors (Lipinski definition) is 0. The molecule has 3 aromatic rings. The molecule has 0 bridgehead atoms. The van der Waals surface area contributed by atoms with Gasteiger partial charge in [0.2, 0.25) is 0 Å². The van der Waals surface area contributed by atoms with E-state index in [1.807, 2.05) is 25.1 Å². The third-order valence-corrected chi connectivity index (χ3v) is 7.75. The topological polar surface area (TPSA) is 166 Å². The van der Waals surface area contributed by atoms with E-state index in [-0.39, 0.29) is 34.1 Å². The Hall–Kier alpha value is -4.54. The lowest BCUT2D eigenvalue weighted by Crippen LogP contribution is -2.50. The van der Waals surface area contributed by atoms with Crippen LogP contribution in [0.5, 0.6) is 11.5 Å². The van der Waals surface area contributed by atoms with E-state index in [1.165, 1.54) is 38.1 Å². The van der Waals surface area contributed by atoms with Gasteiger partial charge in [0.1, 0.15) is 17.1 Å². The van der Waals surface area contributed by atoms with Gasteiger partial charge < -0.3 is 32.2 Å². The van der Waals surface area contributed by atoms with Crippen LogP contribution in [-0.2, 0) is 32.3 Å². The summed E-state index contributed by atoms with van der Waals surface area (Å²) in [6.45, 7) is 8.33. The van der Waals surface area contributed by atoms with Crippen LogP contribution in [0.3, 0.4) is 0 Å². The van der Waals surface area contributed by atoms with E-state index >= 15 is 0 Å². The van der Waals surface area contributed by atoms with Crippen molar-refractivity contribution in [3.05, 3.63) is 95.6 Å². The molecule has 13 heteroatoms. The van der Waals surface area contributed by atoms with Crippen molar-refractivity contribution in [2.45, 2.75) is 46.1 Å². The van der Waals surface area contributed by atoms with Gasteiger partial charge in [-0.05, 0) is 36.9 Å². The van der Waals surface area contributed by atoms with Gasteiger partial charge in [0, 0.05) is 45.7 Å². The Kier molecular flexibility index (Phi) is 15.3. The van der Waals surface area contributed by atoms with Gasteiger partial charge in [-0.3, -0.25) is 14.4 Å². The molecule has 4 rings (SSSR count). The lowest BCUT2D eigenvalue weighted by Gasteiger charge is -2.45. The van der Waals surface area contributed by atoms with Crippen molar-refractivity contribution in [2.24, 2.45) is 5.92 Å². The zero-order valence-electron chi connectivity index (χ0n) is 27.0. The Labute approximate surface area is 280 Å². The molecular formula is C34H39AlNO11. The fraction of sp³-hybridized carbons (Fsp3) is 0.324. The van der Waals surface area contributed by atoms with Crippen LogP contribution >= 0.6 is 0 Å². The summed E-state index contributed by atoms with van der Waals surface area (Å²) in [5.41, 5.74) is 0.714. The maximum atomic E-state index is 12.1. The van der Waals surface area contributed by atoms with Crippen molar-refractivity contribution in [1.29, 1.82) is 0 Å². The number of para-hydroxylation sites is 2. The molecule has 0 amide bonds. The normalized spacial score (nSPS) is 16.9. The minimum Gasteiger partial charge on any atom is -0.585 e. The predicted octanol–water partition coefficient (Wildman–Crippen LogP) is 4.07. The van der Waals surface area contributed by atoms with Crippen LogP contribution < -0.4 is 9.47 Å². The highest BCUT2D eigenvalue weighted by Gasteiger charge is 2.44. The van der Waals surface area contributed by atoms with Gasteiger partial charge in [-0.1, -0.05) is 68.4 Å². The minimum absolute atomic E-state index is 0. The number of carbonyl (C=O) groups is 5. The number of piperidine rings is 1. The molecular weight excluding hydrogens is 625 g/mol. The number of nitrogens with zero attached hydrogens (tertiary/aromatic N) is 1. The number of carbonyl (C=O) groups excluding carboxylic acids is 5. The second kappa shape index (κ2) is 18.6. The van der Waals surface area contributed by atoms with Gasteiger partial charge in [-0.2, -0.15) is 0 Å². The average molecular weight is 665 g/mol. The Morgan fingerprint density at radius 1 is 0.787 bits per heavy atom. The second-order valence-electron chi connectivity index (χ2n) is 10.6. The molecule has 0 saturated carbocycles. The van der Waals surface area contributed by atoms with E-state index in [2.05, 4.69) is 31.0 Å². The maximum absolute atomic E-state index is 12.1. The molecule has 1 heterocycles. The van der Waals surface area contributed by atoms with Gasteiger partial charge in [-0.15, -0.1) is 0 Å². The molecule has 1 radical (unpaired) electrons. The van der Waals surface area contributed by atoms with Crippen molar-refractivity contribution in [3.63, 3.8) is 0 Å². The van der Waals surface area contributed by atoms with Gasteiger partial charge in [0.15, 0.2) is 0 Å². The van der Waals surface area contributed by atoms with Gasteiger partial charge in [0.25, 0.3) is 0 Å². The number of hydrogen-bond acceptors (Lipinski definition) is 11. The number of ether oxygens (including phenoxy) is 3. The van der Waals surface area contributed by atoms with Gasteiger partial charge in [-0.25, -0.2) is 9.59 Å². The summed E-state index contributed by atoms with van der Waals surface area (Å²) in [5.74, 6) is -2.51. The zero-order valence-corrected chi connectivity index (χ0v) is 28.2. The number of likely N-dealkylation sites (tertiary alicyclic amines) is 1. The SMILES string of the molecule is CC(=O)Oc1ccccc1C(=O)[O][Al][O]C(=O)c1ccccc1OC(C)=O.CCC(=O)O[C@]1(c2ccccc2)CCN(C)C[C@@H]1C.O. The molecule has 47 heavy (non-hydrogen) atoms. The highest BCUT2D eigenvalue weighted by atomic mass is 27.2. The van der Waals surface area contributed by atoms with Crippen LogP contribution in [0.4, 0.5) is 0 Å². The predicted molar refractivity (Wildman–Crippen MR) is 171 cm³/mol. The van der Waals surface area contributed by atoms with Crippen molar-refractivity contribution in [3.8, 4) is 11.5 Å². The molecule has 2 atom stereocenters. The molecule has 0 aliphatic carbocycles. The fourth-order valence-electron chi connectivity index (χ4n) is 4.94. The lowest BCUT2D eigenvalue weighted by atomic mass is 9.76. The number of esters is 3. The average Bonchev–Trinajstić information content (AvgIpc) is 3.03. The largest absolute Gasteiger partial charge is 0.886 e. The third kappa shape index (κ3) is 11.0. The molecule has 2 N–H and O–H groups in total. The molecule has 0 aromatic heterocycles. The van der Waals surface area contributed by atoms with Crippen LogP contribution in [0.1, 0.15) is 66.8 Å². The van der Waals surface area contributed by atoms with E-state index in [9.17, 15) is 24.0 Å². The van der Waals surface area contributed by atoms with Crippen molar-refractivity contribution in [1.82, 2.24) is 4.90 Å². The monoisotopic (exact) mass is 664 g/mol. The van der Waals surface area contributed by atoms with Gasteiger partial charge >= 0.3 is 45.7 Å². The summed E-state index contributed by atoms with van der Waals surface area (Å²) in [6.07, 6.45) is 1.29. The van der Waals surface area contributed by atoms with E-state index in [4.69, 9.17) is 21.8 Å². The van der Waals surface area contributed by atoms with Gasteiger partial charge in [0.05, 0.1) is 11.1 Å². The summed E-state index contributed by atoms with van der Waals surface area (Å²) in [6, 6.07) is 22.2. The quantitative estimate of drug-likeness (QED) is 0.184. The molecule has 1 aliphatic heterocycles. The van der Waals surface area contributed by atoms with Crippen molar-refractivity contribution < 1.29 is 51.2 Å². The smallest absolute Gasteiger partial charge is 0.585 e. The van der Waals surface area contributed by atoms with Crippen LogP contribution in [0.25, 0.3) is 0 Å². The third-order valence-electron chi connectivity index (χ3n) is 7.13. The Morgan fingerprint density at radius 3 is 1.70 bits per heavy atom. The highest BCUT2D eigenvalue weighted by Crippen LogP contribution is 2.41. The van der Waals surface area contributed by atoms with E-state index in [1.54, 1.807) is 24.3 Å². The van der Waals surface area contributed by atoms with Crippen LogP contribution in [0.15, 0.2) is 78.9 Å². The molecule has 249 valence electrons. The molecule has 1 saturated heterocycles. The lowest BCUT2D eigenvalue weighted by molar-refractivity contribution is -0.174. The summed E-state index contributed by atoms with van der Waals surface area (Å²) in [7, 11) is 2.12. The molecule has 3 aromatic carbocycles. The molecule has 1 fully saturated rings. The van der Waals surface area contributed by atoms with E-state index < -0.39 is 45.4 Å². The molecule has 0 spiro atoms. The van der Waals surface area contributed by atoms with E-state index in [0.29, 0.717) is 12.3 Å². The summed E-state index contributed by atoms with van der Waals surface area (Å²) >= 11 is -1.49. The van der Waals surface area contributed by atoms with Crippen LogP contribution in [-0.4, -0.2) is 76.2 Å². The summed E-state index contributed by atoms with van der Waals surface area (Å²) in [5, 5.41) is 0. The second-order valence-corrected chi connectivity index (χ2v) is 11.2.